The molecule has 43 heavy (non-hydrogen) atoms. The quantitative estimate of drug-likeness (QED) is 0.222. The lowest BCUT2D eigenvalue weighted by atomic mass is 10.0. The number of nitrogens with zero attached hydrogens (tertiary/aromatic N) is 1. The molecule has 1 amide bonds. The Bertz CT molecular complexity index is 1850. The van der Waals surface area contributed by atoms with Crippen molar-refractivity contribution < 1.29 is 49.1 Å². The van der Waals surface area contributed by atoms with E-state index in [-0.39, 0.29) is 23.3 Å². The summed E-state index contributed by atoms with van der Waals surface area (Å²) in [6.07, 6.45) is -5.42. The number of carbonyl (C=O) groups is 2. The van der Waals surface area contributed by atoms with Gasteiger partial charge in [-0.1, -0.05) is 42.5 Å². The van der Waals surface area contributed by atoms with Gasteiger partial charge in [0.05, 0.1) is 28.4 Å². The summed E-state index contributed by atoms with van der Waals surface area (Å²) in [5, 5.41) is 5.81. The maximum absolute atomic E-state index is 15.0. The number of hydrogen-bond acceptors (Lipinski definition) is 7. The zero-order valence-corrected chi connectivity index (χ0v) is 23.3. The van der Waals surface area contributed by atoms with Crippen LogP contribution in [0.5, 0.6) is 0 Å². The molecule has 3 aromatic carbocycles. The summed E-state index contributed by atoms with van der Waals surface area (Å²) >= 11 is 0. The van der Waals surface area contributed by atoms with E-state index in [1.54, 1.807) is 36.4 Å². The molecule has 0 bridgehead atoms. The summed E-state index contributed by atoms with van der Waals surface area (Å²) < 4.78 is 102. The van der Waals surface area contributed by atoms with Crippen molar-refractivity contribution in [2.45, 2.75) is 35.2 Å². The van der Waals surface area contributed by atoms with Gasteiger partial charge < -0.3 is 10.1 Å². The van der Waals surface area contributed by atoms with E-state index in [2.05, 4.69) is 14.7 Å². The van der Waals surface area contributed by atoms with Gasteiger partial charge in [0.25, 0.3) is 0 Å². The Hall–Kier alpha value is -4.35. The number of H-pyrrole nitrogens is 1. The number of rotatable bonds is 7. The molecule has 0 radical (unpaired) electrons. The Morgan fingerprint density at radius 2 is 1.70 bits per heavy atom. The van der Waals surface area contributed by atoms with Crippen LogP contribution in [0.1, 0.15) is 34.7 Å². The van der Waals surface area contributed by atoms with Crippen molar-refractivity contribution in [3.63, 3.8) is 0 Å². The smallest absolute Gasteiger partial charge is 0.475 e. The predicted molar refractivity (Wildman–Crippen MR) is 144 cm³/mol. The third-order valence-corrected chi connectivity index (χ3v) is 9.35. The summed E-state index contributed by atoms with van der Waals surface area (Å²) in [5.41, 5.74) is 1.64. The van der Waals surface area contributed by atoms with Crippen molar-refractivity contribution in [2.24, 2.45) is 0 Å². The molecule has 0 spiro atoms. The zero-order chi connectivity index (χ0) is 31.6. The van der Waals surface area contributed by atoms with Gasteiger partial charge >= 0.3 is 12.1 Å². The number of fused-ring (bicyclic) bond motifs is 1. The molecule has 0 aliphatic carbocycles. The van der Waals surface area contributed by atoms with Gasteiger partial charge in [-0.2, -0.15) is 13.2 Å². The Morgan fingerprint density at radius 3 is 2.26 bits per heavy atom. The molecule has 1 fully saturated rings. The van der Waals surface area contributed by atoms with Gasteiger partial charge in [-0.3, -0.25) is 9.52 Å². The Balaban J connectivity index is 0.000000541. The lowest BCUT2D eigenvalue weighted by Gasteiger charge is -2.18. The van der Waals surface area contributed by atoms with E-state index in [0.717, 1.165) is 6.07 Å². The molecule has 228 valence electrons. The number of hydrogen-bond donors (Lipinski definition) is 4. The number of nitrogens with one attached hydrogen (secondary N) is 3. The monoisotopic (exact) mass is 642 g/mol. The maximum atomic E-state index is 15.0. The van der Waals surface area contributed by atoms with Crippen molar-refractivity contribution in [3.05, 3.63) is 95.6 Å². The predicted octanol–water partition coefficient (Wildman–Crippen LogP) is 3.49. The average molecular weight is 643 g/mol. The molecule has 5 rings (SSSR count). The van der Waals surface area contributed by atoms with Crippen LogP contribution in [0, 0.1) is 5.82 Å². The van der Waals surface area contributed by atoms with E-state index in [4.69, 9.17) is 9.90 Å². The summed E-state index contributed by atoms with van der Waals surface area (Å²) in [5.74, 6) is -3.91. The third kappa shape index (κ3) is 7.54. The highest BCUT2D eigenvalue weighted by Gasteiger charge is 2.39. The Kier molecular flexibility index (Phi) is 8.89. The summed E-state index contributed by atoms with van der Waals surface area (Å²) in [4.78, 5) is 28.2. The van der Waals surface area contributed by atoms with Crippen LogP contribution in [-0.4, -0.2) is 50.0 Å². The minimum atomic E-state index is -5.08. The van der Waals surface area contributed by atoms with Crippen molar-refractivity contribution in [1.82, 2.24) is 19.4 Å². The summed E-state index contributed by atoms with van der Waals surface area (Å²) in [6.45, 7) is 0. The third-order valence-electron chi connectivity index (χ3n) is 6.18. The zero-order valence-electron chi connectivity index (χ0n) is 21.7. The number of aromatic nitrogens is 2. The van der Waals surface area contributed by atoms with Gasteiger partial charge in [0.1, 0.15) is 16.9 Å². The number of aromatic amines is 1. The Labute approximate surface area is 242 Å². The van der Waals surface area contributed by atoms with Crippen molar-refractivity contribution in [1.29, 1.82) is 0 Å². The lowest BCUT2D eigenvalue weighted by molar-refractivity contribution is -0.192. The molecule has 2 atom stereocenters. The molecule has 1 aromatic heterocycles. The first-order valence-electron chi connectivity index (χ1n) is 12.2. The standard InChI is InChI=1S/C24H21FN4O5S2.C2HF3O2/c25-18-12-15(10-11-17(18)22-14-23(30)29-36(22,33)34)13-21(24-26-19-8-4-5-9-20(19)27-24)28-35(31,32)16-6-2-1-3-7-16;3-2(4,5)1(6)7/h1-12,21-22,28H,13-14H2,(H,26,27)(H,29,30);(H,6,7)/t21-,22-;/m0./s1. The number of para-hydroxylation sites is 2. The second-order valence-electron chi connectivity index (χ2n) is 9.25. The molecule has 2 heterocycles. The van der Waals surface area contributed by atoms with E-state index < -0.39 is 55.2 Å². The molecule has 1 aliphatic heterocycles. The fourth-order valence-electron chi connectivity index (χ4n) is 4.21. The van der Waals surface area contributed by atoms with Gasteiger partial charge in [0.2, 0.25) is 26.0 Å². The van der Waals surface area contributed by atoms with Crippen LogP contribution in [0.3, 0.4) is 0 Å². The van der Waals surface area contributed by atoms with Crippen molar-refractivity contribution in [2.75, 3.05) is 0 Å². The Morgan fingerprint density at radius 1 is 1.07 bits per heavy atom. The maximum Gasteiger partial charge on any atom is 0.490 e. The largest absolute Gasteiger partial charge is 0.490 e. The number of aliphatic carboxylic acids is 1. The van der Waals surface area contributed by atoms with E-state index in [0.29, 0.717) is 22.4 Å². The number of sulfonamides is 2. The number of carboxylic acids is 1. The van der Waals surface area contributed by atoms with Crippen molar-refractivity contribution >= 4 is 43.0 Å². The molecule has 0 saturated carbocycles. The summed E-state index contributed by atoms with van der Waals surface area (Å²) in [6, 6.07) is 18.2. The lowest BCUT2D eigenvalue weighted by Crippen LogP contribution is -2.31. The van der Waals surface area contributed by atoms with E-state index in [1.807, 2.05) is 10.8 Å². The highest BCUT2D eigenvalue weighted by atomic mass is 32.2. The first kappa shape index (κ1) is 31.6. The number of halogens is 4. The van der Waals surface area contributed by atoms with Crippen LogP contribution >= 0.6 is 0 Å². The molecule has 4 N–H and O–H groups in total. The number of alkyl halides is 3. The van der Waals surface area contributed by atoms with Crippen LogP contribution in [0.2, 0.25) is 0 Å². The second kappa shape index (κ2) is 12.1. The van der Waals surface area contributed by atoms with Crippen LogP contribution in [0.15, 0.2) is 77.7 Å². The average Bonchev–Trinajstić information content (AvgIpc) is 3.48. The van der Waals surface area contributed by atoms with Crippen LogP contribution in [-0.2, 0) is 36.1 Å². The number of amides is 1. The second-order valence-corrected chi connectivity index (χ2v) is 12.8. The number of carbonyl (C=O) groups excluding carboxylic acids is 1. The van der Waals surface area contributed by atoms with Gasteiger partial charge in [-0.25, -0.2) is 35.7 Å². The van der Waals surface area contributed by atoms with E-state index in [1.165, 1.54) is 24.3 Å². The van der Waals surface area contributed by atoms with Gasteiger partial charge in [0.15, 0.2) is 0 Å². The first-order valence-corrected chi connectivity index (χ1v) is 15.2. The van der Waals surface area contributed by atoms with Crippen molar-refractivity contribution in [3.8, 4) is 0 Å². The fourth-order valence-corrected chi connectivity index (χ4v) is 6.87. The molecular weight excluding hydrogens is 620 g/mol. The highest BCUT2D eigenvalue weighted by Crippen LogP contribution is 2.33. The summed E-state index contributed by atoms with van der Waals surface area (Å²) in [7, 11) is -7.95. The number of benzene rings is 3. The fraction of sp³-hybridized carbons (Fsp3) is 0.192. The SMILES string of the molecule is O=C(O)C(F)(F)F.O=C1C[C@@H](c2ccc(C[C@H](NS(=O)(=O)c3ccccc3)c3nc4ccccc4[nH]3)cc2F)S(=O)(=O)N1. The van der Waals surface area contributed by atoms with E-state index >= 15 is 4.39 Å². The van der Waals surface area contributed by atoms with E-state index in [9.17, 15) is 34.8 Å². The molecular formula is C26H22F4N4O7S2. The highest BCUT2D eigenvalue weighted by molar-refractivity contribution is 7.90. The van der Waals surface area contributed by atoms with Gasteiger partial charge in [0, 0.05) is 5.56 Å². The van der Waals surface area contributed by atoms with Crippen LogP contribution in [0.25, 0.3) is 11.0 Å². The topological polar surface area (TPSA) is 175 Å². The van der Waals surface area contributed by atoms with Gasteiger partial charge in [-0.15, -0.1) is 0 Å². The number of carboxylic acid groups (broad SMARTS) is 1. The first-order chi connectivity index (χ1) is 20.1. The molecule has 17 heteroatoms. The van der Waals surface area contributed by atoms with Gasteiger partial charge in [-0.05, 0) is 42.3 Å². The molecule has 0 unspecified atom stereocenters. The molecule has 11 nitrogen and oxygen atoms in total. The minimum Gasteiger partial charge on any atom is -0.475 e. The van der Waals surface area contributed by atoms with Crippen LogP contribution in [0.4, 0.5) is 17.6 Å². The normalized spacial score (nSPS) is 17.1. The van der Waals surface area contributed by atoms with Crippen LogP contribution < -0.4 is 9.44 Å². The molecule has 1 saturated heterocycles. The number of imidazole rings is 1. The molecule has 1 aliphatic rings. The minimum absolute atomic E-state index is 0.0255. The molecule has 4 aromatic rings.